The van der Waals surface area contributed by atoms with Gasteiger partial charge in [-0.1, -0.05) is 23.9 Å². The molecular weight excluding hydrogens is 284 g/mol. The molecule has 0 unspecified atom stereocenters. The Morgan fingerprint density at radius 1 is 1.19 bits per heavy atom. The van der Waals surface area contributed by atoms with Gasteiger partial charge in [0.15, 0.2) is 5.58 Å². The monoisotopic (exact) mass is 300 g/mol. The largest absolute Gasteiger partial charge is 0.451 e. The quantitative estimate of drug-likeness (QED) is 0.540. The van der Waals surface area contributed by atoms with E-state index in [-0.39, 0.29) is 0 Å². The number of ether oxygens (including phenoxy) is 1. The van der Waals surface area contributed by atoms with Crippen molar-refractivity contribution >= 4 is 33.8 Å². The first kappa shape index (κ1) is 13.1. The Balaban J connectivity index is 1.65. The van der Waals surface area contributed by atoms with Crippen LogP contribution < -0.4 is 0 Å². The first-order valence-electron chi connectivity index (χ1n) is 7.28. The van der Waals surface area contributed by atoms with E-state index in [1.54, 1.807) is 18.1 Å². The van der Waals surface area contributed by atoms with E-state index in [1.807, 2.05) is 24.3 Å². The molecule has 21 heavy (non-hydrogen) atoms. The highest BCUT2D eigenvalue weighted by molar-refractivity contribution is 7.99. The van der Waals surface area contributed by atoms with Gasteiger partial charge < -0.3 is 9.15 Å². The van der Waals surface area contributed by atoms with Gasteiger partial charge in [-0.15, -0.1) is 0 Å². The summed E-state index contributed by atoms with van der Waals surface area (Å²) in [7, 11) is 0. The zero-order chi connectivity index (χ0) is 14.1. The van der Waals surface area contributed by atoms with Gasteiger partial charge >= 0.3 is 0 Å². The van der Waals surface area contributed by atoms with Crippen molar-refractivity contribution in [2.24, 2.45) is 0 Å². The van der Waals surface area contributed by atoms with Crippen LogP contribution >= 0.6 is 11.8 Å². The number of fused-ring (bicyclic) bond motifs is 3. The Bertz CT molecular complexity index is 765. The van der Waals surface area contributed by atoms with Crippen molar-refractivity contribution < 1.29 is 9.15 Å². The number of thioether (sulfide) groups is 1. The molecule has 0 bridgehead atoms. The van der Waals surface area contributed by atoms with Gasteiger partial charge in [-0.25, -0.2) is 9.97 Å². The highest BCUT2D eigenvalue weighted by atomic mass is 32.2. The van der Waals surface area contributed by atoms with Gasteiger partial charge in [-0.2, -0.15) is 0 Å². The van der Waals surface area contributed by atoms with E-state index in [0.717, 1.165) is 45.9 Å². The predicted molar refractivity (Wildman–Crippen MR) is 83.6 cm³/mol. The van der Waals surface area contributed by atoms with Crippen molar-refractivity contribution in [2.75, 3.05) is 12.4 Å². The molecule has 0 radical (unpaired) electrons. The molecule has 0 amide bonds. The first-order chi connectivity index (χ1) is 10.4. The molecule has 1 saturated heterocycles. The second kappa shape index (κ2) is 5.66. The van der Waals surface area contributed by atoms with Crippen molar-refractivity contribution in [3.8, 4) is 0 Å². The molecule has 1 atom stereocenters. The number of furan rings is 1. The summed E-state index contributed by atoms with van der Waals surface area (Å²) in [6.45, 7) is 0.884. The molecule has 4 rings (SSSR count). The lowest BCUT2D eigenvalue weighted by molar-refractivity contribution is 0.0315. The van der Waals surface area contributed by atoms with Crippen LogP contribution in [0.3, 0.4) is 0 Å². The summed E-state index contributed by atoms with van der Waals surface area (Å²) < 4.78 is 11.7. The average Bonchev–Trinajstić information content (AvgIpc) is 2.93. The van der Waals surface area contributed by atoms with Crippen molar-refractivity contribution in [1.29, 1.82) is 0 Å². The maximum absolute atomic E-state index is 5.94. The highest BCUT2D eigenvalue weighted by Crippen LogP contribution is 2.33. The second-order valence-corrected chi connectivity index (χ2v) is 6.26. The molecule has 0 aliphatic carbocycles. The lowest BCUT2D eigenvalue weighted by Gasteiger charge is -2.21. The fourth-order valence-corrected chi connectivity index (χ4v) is 3.71. The van der Waals surface area contributed by atoms with E-state index in [9.17, 15) is 0 Å². The highest BCUT2D eigenvalue weighted by Gasteiger charge is 2.17. The second-order valence-electron chi connectivity index (χ2n) is 5.25. The summed E-state index contributed by atoms with van der Waals surface area (Å²) in [6, 6.07) is 7.98. The van der Waals surface area contributed by atoms with Crippen LogP contribution in [-0.2, 0) is 4.74 Å². The molecule has 3 aromatic rings. The van der Waals surface area contributed by atoms with Crippen LogP contribution in [0.1, 0.15) is 19.3 Å². The molecule has 5 heteroatoms. The smallest absolute Gasteiger partial charge is 0.186 e. The Labute approximate surface area is 126 Å². The van der Waals surface area contributed by atoms with Crippen LogP contribution in [0.5, 0.6) is 0 Å². The molecular formula is C16H16N2O2S. The maximum Gasteiger partial charge on any atom is 0.186 e. The van der Waals surface area contributed by atoms with Gasteiger partial charge in [-0.3, -0.25) is 0 Å². The first-order valence-corrected chi connectivity index (χ1v) is 8.27. The summed E-state index contributed by atoms with van der Waals surface area (Å²) in [6.07, 6.45) is 5.53. The SMILES string of the molecule is c1ccc2c(c1)oc1c(SC[C@@H]3CCCCO3)ncnc12. The topological polar surface area (TPSA) is 48.2 Å². The van der Waals surface area contributed by atoms with Gasteiger partial charge in [-0.05, 0) is 31.4 Å². The molecule has 0 saturated carbocycles. The van der Waals surface area contributed by atoms with Gasteiger partial charge in [0.05, 0.1) is 6.10 Å². The number of benzene rings is 1. The number of hydrogen-bond acceptors (Lipinski definition) is 5. The number of aromatic nitrogens is 2. The van der Waals surface area contributed by atoms with E-state index in [2.05, 4.69) is 9.97 Å². The van der Waals surface area contributed by atoms with E-state index in [4.69, 9.17) is 9.15 Å². The number of hydrogen-bond donors (Lipinski definition) is 0. The minimum Gasteiger partial charge on any atom is -0.451 e. The minimum absolute atomic E-state index is 0.332. The van der Waals surface area contributed by atoms with Gasteiger partial charge in [0.25, 0.3) is 0 Å². The van der Waals surface area contributed by atoms with Gasteiger partial charge in [0.2, 0.25) is 0 Å². The lowest BCUT2D eigenvalue weighted by Crippen LogP contribution is -2.21. The molecule has 0 spiro atoms. The minimum atomic E-state index is 0.332. The van der Waals surface area contributed by atoms with E-state index >= 15 is 0 Å². The van der Waals surface area contributed by atoms with Crippen LogP contribution in [0.2, 0.25) is 0 Å². The Hall–Kier alpha value is -1.59. The van der Waals surface area contributed by atoms with Gasteiger partial charge in [0, 0.05) is 17.7 Å². The summed E-state index contributed by atoms with van der Waals surface area (Å²) in [4.78, 5) is 8.76. The third-order valence-electron chi connectivity index (χ3n) is 3.81. The predicted octanol–water partition coefficient (Wildman–Crippen LogP) is 4.04. The summed E-state index contributed by atoms with van der Waals surface area (Å²) in [5, 5.41) is 1.95. The molecule has 4 nitrogen and oxygen atoms in total. The van der Waals surface area contributed by atoms with Crippen molar-refractivity contribution in [1.82, 2.24) is 9.97 Å². The fourth-order valence-electron chi connectivity index (χ4n) is 2.72. The van der Waals surface area contributed by atoms with E-state index < -0.39 is 0 Å². The summed E-state index contributed by atoms with van der Waals surface area (Å²) in [5.41, 5.74) is 2.55. The van der Waals surface area contributed by atoms with Gasteiger partial charge in [0.1, 0.15) is 22.5 Å². The standard InChI is InChI=1S/C16H16N2O2S/c1-2-7-13-12(6-1)14-15(20-13)16(18-10-17-14)21-9-11-5-3-4-8-19-11/h1-2,6-7,10-11H,3-5,8-9H2/t11-/m0/s1. The van der Waals surface area contributed by atoms with Crippen LogP contribution in [-0.4, -0.2) is 28.4 Å². The molecule has 0 N–H and O–H groups in total. The Kier molecular flexibility index (Phi) is 3.53. The summed E-state index contributed by atoms with van der Waals surface area (Å²) >= 11 is 1.70. The average molecular weight is 300 g/mol. The number of para-hydroxylation sites is 1. The molecule has 3 heterocycles. The molecule has 1 fully saturated rings. The zero-order valence-corrected chi connectivity index (χ0v) is 12.4. The van der Waals surface area contributed by atoms with Crippen LogP contribution in [0, 0.1) is 0 Å². The summed E-state index contributed by atoms with van der Waals surface area (Å²) in [5.74, 6) is 0.920. The number of rotatable bonds is 3. The lowest BCUT2D eigenvalue weighted by atomic mass is 10.1. The molecule has 1 aliphatic heterocycles. The number of nitrogens with zero attached hydrogens (tertiary/aromatic N) is 2. The van der Waals surface area contributed by atoms with Crippen molar-refractivity contribution in [3.63, 3.8) is 0 Å². The van der Waals surface area contributed by atoms with Crippen molar-refractivity contribution in [3.05, 3.63) is 30.6 Å². The molecule has 108 valence electrons. The molecule has 1 aromatic carbocycles. The third kappa shape index (κ3) is 2.51. The molecule has 1 aliphatic rings. The Morgan fingerprint density at radius 3 is 3.05 bits per heavy atom. The van der Waals surface area contributed by atoms with E-state index in [0.29, 0.717) is 6.10 Å². The maximum atomic E-state index is 5.94. The van der Waals surface area contributed by atoms with Crippen LogP contribution in [0.4, 0.5) is 0 Å². The van der Waals surface area contributed by atoms with Crippen LogP contribution in [0.25, 0.3) is 22.1 Å². The fraction of sp³-hybridized carbons (Fsp3) is 0.375. The Morgan fingerprint density at radius 2 is 2.14 bits per heavy atom. The third-order valence-corrected chi connectivity index (χ3v) is 4.91. The normalized spacial score (nSPS) is 19.3. The van der Waals surface area contributed by atoms with E-state index in [1.165, 1.54) is 12.8 Å². The van der Waals surface area contributed by atoms with Crippen LogP contribution in [0.15, 0.2) is 40.0 Å². The zero-order valence-electron chi connectivity index (χ0n) is 11.6. The van der Waals surface area contributed by atoms with Crippen molar-refractivity contribution in [2.45, 2.75) is 30.4 Å². The molecule has 2 aromatic heterocycles.